The summed E-state index contributed by atoms with van der Waals surface area (Å²) in [4.78, 5) is 4.32. The van der Waals surface area contributed by atoms with Crippen LogP contribution >= 0.6 is 39.7 Å². The van der Waals surface area contributed by atoms with E-state index in [0.29, 0.717) is 15.6 Å². The molecule has 0 spiro atoms. The van der Waals surface area contributed by atoms with E-state index in [1.165, 1.54) is 0 Å². The first-order valence-corrected chi connectivity index (χ1v) is 7.70. The Hall–Kier alpha value is -1.50. The summed E-state index contributed by atoms with van der Waals surface area (Å²) in [6.07, 6.45) is 1.72. The fourth-order valence-corrected chi connectivity index (χ4v) is 3.02. The number of pyridine rings is 1. The number of aromatic nitrogens is 4. The molecule has 0 bridgehead atoms. The molecule has 7 heteroatoms. The zero-order valence-electron chi connectivity index (χ0n) is 11.0. The molecule has 0 radical (unpaired) electrons. The Balaban J connectivity index is 2.27. The highest BCUT2D eigenvalue weighted by Crippen LogP contribution is 2.30. The van der Waals surface area contributed by atoms with Gasteiger partial charge in [0.15, 0.2) is 10.6 Å². The Bertz CT molecular complexity index is 857. The number of H-pyrrole nitrogens is 1. The van der Waals surface area contributed by atoms with E-state index in [1.54, 1.807) is 6.20 Å². The van der Waals surface area contributed by atoms with Crippen LogP contribution in [0.1, 0.15) is 5.56 Å². The molecule has 1 aromatic carbocycles. The molecule has 0 fully saturated rings. The fourth-order valence-electron chi connectivity index (χ4n) is 1.99. The third-order valence-electron chi connectivity index (χ3n) is 3.04. The van der Waals surface area contributed by atoms with E-state index in [0.717, 1.165) is 21.4 Å². The molecular formula is C14H10BrClN4S. The second-order valence-corrected chi connectivity index (χ2v) is 6.10. The molecule has 0 atom stereocenters. The van der Waals surface area contributed by atoms with Gasteiger partial charge in [0, 0.05) is 15.7 Å². The average molecular weight is 382 g/mol. The molecule has 0 amide bonds. The van der Waals surface area contributed by atoms with Crippen molar-refractivity contribution in [1.82, 2.24) is 19.7 Å². The fraction of sp³-hybridized carbons (Fsp3) is 0.0714. The molecule has 2 aromatic heterocycles. The zero-order valence-corrected chi connectivity index (χ0v) is 14.1. The molecule has 21 heavy (non-hydrogen) atoms. The van der Waals surface area contributed by atoms with Gasteiger partial charge in [0.1, 0.15) is 5.69 Å². The van der Waals surface area contributed by atoms with E-state index >= 15 is 0 Å². The summed E-state index contributed by atoms with van der Waals surface area (Å²) in [5.41, 5.74) is 2.54. The first kappa shape index (κ1) is 14.4. The first-order valence-electron chi connectivity index (χ1n) is 6.13. The van der Waals surface area contributed by atoms with Crippen LogP contribution in [0, 0.1) is 11.7 Å². The van der Waals surface area contributed by atoms with Gasteiger partial charge in [-0.25, -0.2) is 0 Å². The minimum atomic E-state index is 0.483. The highest BCUT2D eigenvalue weighted by molar-refractivity contribution is 9.10. The number of aromatic amines is 1. The van der Waals surface area contributed by atoms with Crippen LogP contribution in [-0.2, 0) is 0 Å². The summed E-state index contributed by atoms with van der Waals surface area (Å²) in [6, 6.07) is 9.45. The Morgan fingerprint density at radius 3 is 2.86 bits per heavy atom. The standard InChI is InChI=1S/C14H10BrClN4S/c1-8-6-9(15)12(7-10(8)16)20-13(18-19-14(20)21)11-4-2-3-5-17-11/h2-7H,1H3,(H,19,21). The number of rotatable bonds is 2. The second kappa shape index (κ2) is 5.71. The third kappa shape index (κ3) is 2.66. The van der Waals surface area contributed by atoms with Crippen LogP contribution in [-0.4, -0.2) is 19.7 Å². The van der Waals surface area contributed by atoms with Crippen molar-refractivity contribution >= 4 is 39.7 Å². The van der Waals surface area contributed by atoms with Crippen molar-refractivity contribution in [2.45, 2.75) is 6.92 Å². The van der Waals surface area contributed by atoms with Crippen LogP contribution in [0.25, 0.3) is 17.2 Å². The van der Waals surface area contributed by atoms with Crippen LogP contribution in [0.5, 0.6) is 0 Å². The number of aryl methyl sites for hydroxylation is 1. The van der Waals surface area contributed by atoms with Crippen molar-refractivity contribution in [3.63, 3.8) is 0 Å². The Morgan fingerprint density at radius 1 is 1.33 bits per heavy atom. The van der Waals surface area contributed by atoms with Crippen molar-refractivity contribution in [2.75, 3.05) is 0 Å². The normalized spacial score (nSPS) is 10.8. The number of halogens is 2. The van der Waals surface area contributed by atoms with Crippen molar-refractivity contribution in [2.24, 2.45) is 0 Å². The summed E-state index contributed by atoms with van der Waals surface area (Å²) in [5.74, 6) is 0.640. The molecule has 3 rings (SSSR count). The highest BCUT2D eigenvalue weighted by atomic mass is 79.9. The largest absolute Gasteiger partial charge is 0.266 e. The van der Waals surface area contributed by atoms with Gasteiger partial charge in [0.25, 0.3) is 0 Å². The average Bonchev–Trinajstić information content (AvgIpc) is 2.85. The molecule has 1 N–H and O–H groups in total. The van der Waals surface area contributed by atoms with E-state index in [9.17, 15) is 0 Å². The smallest absolute Gasteiger partial charge is 0.200 e. The molecule has 0 saturated carbocycles. The van der Waals surface area contributed by atoms with Gasteiger partial charge >= 0.3 is 0 Å². The van der Waals surface area contributed by atoms with Crippen LogP contribution in [0.15, 0.2) is 41.0 Å². The molecule has 2 heterocycles. The van der Waals surface area contributed by atoms with E-state index < -0.39 is 0 Å². The van der Waals surface area contributed by atoms with Gasteiger partial charge in [0.05, 0.1) is 5.69 Å². The zero-order chi connectivity index (χ0) is 15.0. The van der Waals surface area contributed by atoms with E-state index in [4.69, 9.17) is 23.8 Å². The Kier molecular flexibility index (Phi) is 3.93. The SMILES string of the molecule is Cc1cc(Br)c(-n2c(-c3ccccn3)n[nH]c2=S)cc1Cl. The molecule has 0 aliphatic carbocycles. The summed E-state index contributed by atoms with van der Waals surface area (Å²) in [5, 5.41) is 7.75. The number of nitrogens with one attached hydrogen (secondary N) is 1. The quantitative estimate of drug-likeness (QED) is 0.654. The van der Waals surface area contributed by atoms with Crippen molar-refractivity contribution in [1.29, 1.82) is 0 Å². The molecule has 0 aliphatic rings. The van der Waals surface area contributed by atoms with Gasteiger partial charge in [-0.3, -0.25) is 14.6 Å². The first-order chi connectivity index (χ1) is 10.1. The summed E-state index contributed by atoms with van der Waals surface area (Å²) in [7, 11) is 0. The number of hydrogen-bond donors (Lipinski definition) is 1. The van der Waals surface area contributed by atoms with Crippen LogP contribution in [0.4, 0.5) is 0 Å². The third-order valence-corrected chi connectivity index (χ3v) is 4.35. The lowest BCUT2D eigenvalue weighted by molar-refractivity contribution is 1.02. The predicted molar refractivity (Wildman–Crippen MR) is 89.4 cm³/mol. The van der Waals surface area contributed by atoms with Gasteiger partial charge in [0.2, 0.25) is 0 Å². The van der Waals surface area contributed by atoms with Crippen LogP contribution < -0.4 is 0 Å². The van der Waals surface area contributed by atoms with Gasteiger partial charge in [-0.05, 0) is 64.9 Å². The summed E-state index contributed by atoms with van der Waals surface area (Å²) < 4.78 is 3.18. The minimum absolute atomic E-state index is 0.483. The second-order valence-electron chi connectivity index (χ2n) is 4.46. The maximum atomic E-state index is 6.24. The summed E-state index contributed by atoms with van der Waals surface area (Å²) in [6.45, 7) is 1.95. The Labute approximate surface area is 139 Å². The van der Waals surface area contributed by atoms with E-state index in [1.807, 2.05) is 41.8 Å². The lowest BCUT2D eigenvalue weighted by atomic mass is 10.2. The number of hydrogen-bond acceptors (Lipinski definition) is 3. The van der Waals surface area contributed by atoms with E-state index in [-0.39, 0.29) is 0 Å². The predicted octanol–water partition coefficient (Wildman–Crippen LogP) is 4.72. The number of nitrogens with zero attached hydrogens (tertiary/aromatic N) is 3. The molecule has 4 nitrogen and oxygen atoms in total. The molecule has 0 unspecified atom stereocenters. The molecule has 106 valence electrons. The van der Waals surface area contributed by atoms with Crippen LogP contribution in [0.2, 0.25) is 5.02 Å². The Morgan fingerprint density at radius 2 is 2.14 bits per heavy atom. The maximum Gasteiger partial charge on any atom is 0.200 e. The minimum Gasteiger partial charge on any atom is -0.266 e. The lowest BCUT2D eigenvalue weighted by Crippen LogP contribution is -2.00. The summed E-state index contributed by atoms with van der Waals surface area (Å²) >= 11 is 15.1. The molecule has 3 aromatic rings. The molecule has 0 saturated heterocycles. The van der Waals surface area contributed by atoms with E-state index in [2.05, 4.69) is 31.1 Å². The van der Waals surface area contributed by atoms with Crippen molar-refractivity contribution in [3.05, 3.63) is 56.4 Å². The molecular weight excluding hydrogens is 372 g/mol. The van der Waals surface area contributed by atoms with Gasteiger partial charge in [-0.15, -0.1) is 0 Å². The molecule has 0 aliphatic heterocycles. The van der Waals surface area contributed by atoms with Crippen molar-refractivity contribution < 1.29 is 0 Å². The van der Waals surface area contributed by atoms with Crippen molar-refractivity contribution in [3.8, 4) is 17.2 Å². The monoisotopic (exact) mass is 380 g/mol. The van der Waals surface area contributed by atoms with Gasteiger partial charge in [-0.2, -0.15) is 5.10 Å². The maximum absolute atomic E-state index is 6.24. The van der Waals surface area contributed by atoms with Gasteiger partial charge in [-0.1, -0.05) is 17.7 Å². The topological polar surface area (TPSA) is 46.5 Å². The lowest BCUT2D eigenvalue weighted by Gasteiger charge is -2.10. The number of benzene rings is 1. The highest BCUT2D eigenvalue weighted by Gasteiger charge is 2.15. The van der Waals surface area contributed by atoms with Gasteiger partial charge < -0.3 is 0 Å². The van der Waals surface area contributed by atoms with Crippen LogP contribution in [0.3, 0.4) is 0 Å².